The van der Waals surface area contributed by atoms with Crippen molar-refractivity contribution >= 4 is 5.69 Å². The molecule has 0 aliphatic heterocycles. The summed E-state index contributed by atoms with van der Waals surface area (Å²) in [5, 5.41) is 12.6. The van der Waals surface area contributed by atoms with Crippen molar-refractivity contribution in [1.82, 2.24) is 0 Å². The summed E-state index contributed by atoms with van der Waals surface area (Å²) in [6.07, 6.45) is 2.54. The lowest BCUT2D eigenvalue weighted by Gasteiger charge is -2.17. The summed E-state index contributed by atoms with van der Waals surface area (Å²) in [6, 6.07) is 7.53. The fourth-order valence-electron chi connectivity index (χ4n) is 1.68. The monoisotopic (exact) mass is 192 g/mol. The molecule has 1 saturated carbocycles. The Kier molecular flexibility index (Phi) is 2.59. The van der Waals surface area contributed by atoms with Crippen LogP contribution in [0.3, 0.4) is 0 Å². The maximum Gasteiger partial charge on any atom is 0.117 e. The van der Waals surface area contributed by atoms with Gasteiger partial charge >= 0.3 is 0 Å². The van der Waals surface area contributed by atoms with Crippen molar-refractivity contribution in [2.75, 3.05) is 11.9 Å². The van der Waals surface area contributed by atoms with E-state index in [1.807, 2.05) is 12.1 Å². The van der Waals surface area contributed by atoms with Gasteiger partial charge < -0.3 is 16.2 Å². The van der Waals surface area contributed by atoms with Gasteiger partial charge in [-0.25, -0.2) is 0 Å². The zero-order chi connectivity index (χ0) is 9.97. The highest BCUT2D eigenvalue weighted by Crippen LogP contribution is 2.34. The Bertz CT molecular complexity index is 310. The Morgan fingerprint density at radius 3 is 2.86 bits per heavy atom. The predicted molar refractivity (Wildman–Crippen MR) is 57.3 cm³/mol. The zero-order valence-corrected chi connectivity index (χ0v) is 8.11. The summed E-state index contributed by atoms with van der Waals surface area (Å²) >= 11 is 0. The number of phenols is 1. The third-order valence-corrected chi connectivity index (χ3v) is 2.64. The largest absolute Gasteiger partial charge is 0.508 e. The molecule has 76 valence electrons. The van der Waals surface area contributed by atoms with Crippen molar-refractivity contribution in [3.8, 4) is 5.75 Å². The van der Waals surface area contributed by atoms with Crippen LogP contribution < -0.4 is 11.1 Å². The van der Waals surface area contributed by atoms with Crippen molar-refractivity contribution in [1.29, 1.82) is 0 Å². The number of rotatable bonds is 4. The first kappa shape index (κ1) is 9.34. The van der Waals surface area contributed by atoms with Gasteiger partial charge in [0, 0.05) is 24.3 Å². The second-order valence-electron chi connectivity index (χ2n) is 3.87. The Morgan fingerprint density at radius 2 is 2.29 bits per heavy atom. The fourth-order valence-corrected chi connectivity index (χ4v) is 1.68. The number of nitrogens with two attached hydrogens (primary N) is 1. The maximum atomic E-state index is 9.28. The standard InChI is InChI=1S/C11H16N2O/c12-7-11(8-4-5-8)13-9-2-1-3-10(14)6-9/h1-3,6,8,11,13-14H,4-5,7,12H2. The lowest BCUT2D eigenvalue weighted by molar-refractivity contribution is 0.475. The van der Waals surface area contributed by atoms with E-state index in [0.717, 1.165) is 11.6 Å². The van der Waals surface area contributed by atoms with Crippen LogP contribution in [0.25, 0.3) is 0 Å². The first-order valence-corrected chi connectivity index (χ1v) is 5.05. The molecule has 3 nitrogen and oxygen atoms in total. The average molecular weight is 192 g/mol. The zero-order valence-electron chi connectivity index (χ0n) is 8.11. The van der Waals surface area contributed by atoms with Gasteiger partial charge in [0.05, 0.1) is 0 Å². The number of hydrogen-bond donors (Lipinski definition) is 3. The number of nitrogens with one attached hydrogen (secondary N) is 1. The first-order valence-electron chi connectivity index (χ1n) is 5.05. The van der Waals surface area contributed by atoms with E-state index in [1.54, 1.807) is 12.1 Å². The normalized spacial score (nSPS) is 17.8. The topological polar surface area (TPSA) is 58.3 Å². The van der Waals surface area contributed by atoms with Gasteiger partial charge in [-0.1, -0.05) is 6.07 Å². The summed E-state index contributed by atoms with van der Waals surface area (Å²) in [6.45, 7) is 0.653. The second kappa shape index (κ2) is 3.88. The van der Waals surface area contributed by atoms with Gasteiger partial charge in [-0.15, -0.1) is 0 Å². The molecule has 2 rings (SSSR count). The van der Waals surface area contributed by atoms with Gasteiger partial charge in [0.1, 0.15) is 5.75 Å². The highest BCUT2D eigenvalue weighted by molar-refractivity contribution is 5.48. The Morgan fingerprint density at radius 1 is 1.50 bits per heavy atom. The lowest BCUT2D eigenvalue weighted by atomic mass is 10.1. The minimum absolute atomic E-state index is 0.293. The van der Waals surface area contributed by atoms with E-state index in [2.05, 4.69) is 5.32 Å². The molecule has 0 saturated heterocycles. The quantitative estimate of drug-likeness (QED) is 0.678. The molecule has 0 spiro atoms. The molecule has 0 bridgehead atoms. The minimum Gasteiger partial charge on any atom is -0.508 e. The van der Waals surface area contributed by atoms with E-state index in [1.165, 1.54) is 12.8 Å². The van der Waals surface area contributed by atoms with Crippen molar-refractivity contribution in [2.45, 2.75) is 18.9 Å². The molecule has 1 aromatic rings. The minimum atomic E-state index is 0.293. The van der Waals surface area contributed by atoms with E-state index < -0.39 is 0 Å². The van der Waals surface area contributed by atoms with E-state index >= 15 is 0 Å². The van der Waals surface area contributed by atoms with Crippen LogP contribution in [0, 0.1) is 5.92 Å². The highest BCUT2D eigenvalue weighted by Gasteiger charge is 2.29. The van der Waals surface area contributed by atoms with Gasteiger partial charge in [-0.3, -0.25) is 0 Å². The fraction of sp³-hybridized carbons (Fsp3) is 0.455. The van der Waals surface area contributed by atoms with E-state index in [0.29, 0.717) is 18.3 Å². The molecule has 0 radical (unpaired) electrons. The SMILES string of the molecule is NCC(Nc1cccc(O)c1)C1CC1. The summed E-state index contributed by atoms with van der Waals surface area (Å²) < 4.78 is 0. The predicted octanol–water partition coefficient (Wildman–Crippen LogP) is 1.54. The van der Waals surface area contributed by atoms with Crippen LogP contribution in [0.4, 0.5) is 5.69 Å². The molecule has 14 heavy (non-hydrogen) atoms. The van der Waals surface area contributed by atoms with Crippen LogP contribution in [0.1, 0.15) is 12.8 Å². The molecule has 1 unspecified atom stereocenters. The smallest absolute Gasteiger partial charge is 0.117 e. The van der Waals surface area contributed by atoms with Gasteiger partial charge in [-0.05, 0) is 30.9 Å². The van der Waals surface area contributed by atoms with Crippen LogP contribution in [0.15, 0.2) is 24.3 Å². The summed E-state index contributed by atoms with van der Waals surface area (Å²) in [5.74, 6) is 1.02. The van der Waals surface area contributed by atoms with Gasteiger partial charge in [0.2, 0.25) is 0 Å². The number of anilines is 1. The maximum absolute atomic E-state index is 9.28. The Labute approximate surface area is 83.9 Å². The van der Waals surface area contributed by atoms with Crippen molar-refractivity contribution in [3.63, 3.8) is 0 Å². The molecular formula is C11H16N2O. The molecule has 1 aromatic carbocycles. The summed E-state index contributed by atoms with van der Waals surface area (Å²) in [4.78, 5) is 0. The highest BCUT2D eigenvalue weighted by atomic mass is 16.3. The van der Waals surface area contributed by atoms with Gasteiger partial charge in [0.15, 0.2) is 0 Å². The molecule has 0 aromatic heterocycles. The first-order chi connectivity index (χ1) is 6.79. The van der Waals surface area contributed by atoms with Crippen LogP contribution in [-0.2, 0) is 0 Å². The lowest BCUT2D eigenvalue weighted by Crippen LogP contribution is -2.30. The van der Waals surface area contributed by atoms with E-state index in [4.69, 9.17) is 5.73 Å². The molecule has 4 N–H and O–H groups in total. The number of benzene rings is 1. The van der Waals surface area contributed by atoms with E-state index in [-0.39, 0.29) is 0 Å². The van der Waals surface area contributed by atoms with Crippen molar-refractivity contribution in [3.05, 3.63) is 24.3 Å². The molecule has 0 amide bonds. The van der Waals surface area contributed by atoms with Crippen LogP contribution in [-0.4, -0.2) is 17.7 Å². The van der Waals surface area contributed by atoms with Crippen LogP contribution >= 0.6 is 0 Å². The van der Waals surface area contributed by atoms with Crippen molar-refractivity contribution < 1.29 is 5.11 Å². The van der Waals surface area contributed by atoms with Gasteiger partial charge in [-0.2, -0.15) is 0 Å². The van der Waals surface area contributed by atoms with Gasteiger partial charge in [0.25, 0.3) is 0 Å². The molecule has 1 aliphatic rings. The average Bonchev–Trinajstić information content (AvgIpc) is 2.97. The van der Waals surface area contributed by atoms with E-state index in [9.17, 15) is 5.11 Å². The molecule has 0 heterocycles. The molecular weight excluding hydrogens is 176 g/mol. The second-order valence-corrected chi connectivity index (χ2v) is 3.87. The summed E-state index contributed by atoms with van der Waals surface area (Å²) in [5.41, 5.74) is 6.63. The molecule has 1 atom stereocenters. The Hall–Kier alpha value is -1.22. The third kappa shape index (κ3) is 2.17. The number of phenolic OH excluding ortho intramolecular Hbond substituents is 1. The Balaban J connectivity index is 2.01. The number of aromatic hydroxyl groups is 1. The summed E-state index contributed by atoms with van der Waals surface area (Å²) in [7, 11) is 0. The molecule has 1 fully saturated rings. The molecule has 3 heteroatoms. The van der Waals surface area contributed by atoms with Crippen molar-refractivity contribution in [2.24, 2.45) is 11.7 Å². The number of hydrogen-bond acceptors (Lipinski definition) is 3. The van der Waals surface area contributed by atoms with Crippen LogP contribution in [0.2, 0.25) is 0 Å². The van der Waals surface area contributed by atoms with Crippen LogP contribution in [0.5, 0.6) is 5.75 Å². The molecule has 1 aliphatic carbocycles. The third-order valence-electron chi connectivity index (χ3n) is 2.64.